The number of hydrogen-bond acceptors (Lipinski definition) is 3. The third-order valence-corrected chi connectivity index (χ3v) is 4.02. The van der Waals surface area contributed by atoms with Crippen LogP contribution in [0.3, 0.4) is 0 Å². The molecule has 96 valence electrons. The zero-order valence-corrected chi connectivity index (χ0v) is 12.2. The number of rotatable bonds is 3. The summed E-state index contributed by atoms with van der Waals surface area (Å²) in [6.07, 6.45) is 1.96. The van der Waals surface area contributed by atoms with Crippen molar-refractivity contribution in [3.05, 3.63) is 46.3 Å². The smallest absolute Gasteiger partial charge is 0.126 e. The van der Waals surface area contributed by atoms with E-state index >= 15 is 0 Å². The van der Waals surface area contributed by atoms with Gasteiger partial charge in [-0.25, -0.2) is 4.98 Å². The normalized spacial score (nSPS) is 13.3. The third-order valence-electron chi connectivity index (χ3n) is 2.96. The zero-order chi connectivity index (χ0) is 13.2. The van der Waals surface area contributed by atoms with Gasteiger partial charge in [-0.05, 0) is 35.4 Å². The second kappa shape index (κ2) is 5.11. The van der Waals surface area contributed by atoms with E-state index in [1.807, 2.05) is 6.20 Å². The Kier molecular flexibility index (Phi) is 3.71. The Balaban J connectivity index is 2.07. The molecule has 1 N–H and O–H groups in total. The molecule has 0 aliphatic rings. The molecule has 2 aromatic rings. The molecular weight excluding hydrogens is 240 g/mol. The average molecular weight is 260 g/mol. The molecule has 0 amide bonds. The fourth-order valence-electron chi connectivity index (χ4n) is 1.75. The Morgan fingerprint density at radius 3 is 2.50 bits per heavy atom. The van der Waals surface area contributed by atoms with Crippen molar-refractivity contribution in [3.8, 4) is 0 Å². The molecule has 2 nitrogen and oxygen atoms in total. The van der Waals surface area contributed by atoms with Crippen LogP contribution in [0.2, 0.25) is 0 Å². The van der Waals surface area contributed by atoms with Gasteiger partial charge in [-0.1, -0.05) is 32.9 Å². The molecule has 0 aliphatic heterocycles. The molecule has 0 bridgehead atoms. The summed E-state index contributed by atoms with van der Waals surface area (Å²) in [5, 5.41) is 5.52. The summed E-state index contributed by atoms with van der Waals surface area (Å²) >= 11 is 1.77. The quantitative estimate of drug-likeness (QED) is 0.871. The Morgan fingerprint density at radius 1 is 1.22 bits per heavy atom. The van der Waals surface area contributed by atoms with Crippen LogP contribution in [0.25, 0.3) is 0 Å². The Bertz CT molecular complexity index is 480. The van der Waals surface area contributed by atoms with Crippen LogP contribution >= 0.6 is 11.3 Å². The van der Waals surface area contributed by atoms with E-state index in [1.165, 1.54) is 10.4 Å². The van der Waals surface area contributed by atoms with E-state index in [4.69, 9.17) is 0 Å². The molecule has 0 saturated heterocycles. The maximum absolute atomic E-state index is 4.49. The van der Waals surface area contributed by atoms with Gasteiger partial charge in [0, 0.05) is 11.1 Å². The number of thiophene rings is 1. The van der Waals surface area contributed by atoms with Crippen molar-refractivity contribution in [1.29, 1.82) is 0 Å². The first-order chi connectivity index (χ1) is 8.47. The molecule has 0 radical (unpaired) electrons. The van der Waals surface area contributed by atoms with Crippen LogP contribution < -0.4 is 5.32 Å². The Labute approximate surface area is 113 Å². The van der Waals surface area contributed by atoms with E-state index in [-0.39, 0.29) is 5.41 Å². The highest BCUT2D eigenvalue weighted by molar-refractivity contribution is 7.10. The van der Waals surface area contributed by atoms with Gasteiger partial charge in [0.25, 0.3) is 0 Å². The molecule has 0 spiro atoms. The van der Waals surface area contributed by atoms with E-state index in [0.717, 1.165) is 5.82 Å². The first-order valence-electron chi connectivity index (χ1n) is 6.23. The van der Waals surface area contributed by atoms with Crippen LogP contribution in [0.1, 0.15) is 44.2 Å². The van der Waals surface area contributed by atoms with Gasteiger partial charge in [-0.15, -0.1) is 11.3 Å². The summed E-state index contributed by atoms with van der Waals surface area (Å²) in [5.74, 6) is 0.934. The molecule has 1 unspecified atom stereocenters. The van der Waals surface area contributed by atoms with Crippen molar-refractivity contribution in [1.82, 2.24) is 4.98 Å². The van der Waals surface area contributed by atoms with E-state index in [9.17, 15) is 0 Å². The van der Waals surface area contributed by atoms with E-state index < -0.39 is 0 Å². The lowest BCUT2D eigenvalue weighted by Gasteiger charge is -2.19. The molecule has 0 aromatic carbocycles. The largest absolute Gasteiger partial charge is 0.363 e. The molecule has 2 heterocycles. The zero-order valence-electron chi connectivity index (χ0n) is 11.4. The number of aromatic nitrogens is 1. The first-order valence-corrected chi connectivity index (χ1v) is 7.11. The van der Waals surface area contributed by atoms with Gasteiger partial charge < -0.3 is 5.32 Å². The minimum Gasteiger partial charge on any atom is -0.363 e. The molecule has 18 heavy (non-hydrogen) atoms. The fourth-order valence-corrected chi connectivity index (χ4v) is 2.49. The minimum atomic E-state index is 0.158. The van der Waals surface area contributed by atoms with Gasteiger partial charge in [-0.3, -0.25) is 0 Å². The molecule has 0 aliphatic carbocycles. The molecule has 0 fully saturated rings. The van der Waals surface area contributed by atoms with Crippen molar-refractivity contribution in [3.63, 3.8) is 0 Å². The highest BCUT2D eigenvalue weighted by Gasteiger charge is 2.14. The number of nitrogens with zero attached hydrogens (tertiary/aromatic N) is 1. The average Bonchev–Trinajstić information content (AvgIpc) is 2.82. The second-order valence-corrected chi connectivity index (χ2v) is 6.54. The van der Waals surface area contributed by atoms with Crippen LogP contribution in [0, 0.1) is 0 Å². The van der Waals surface area contributed by atoms with Crippen molar-refractivity contribution >= 4 is 17.2 Å². The summed E-state index contributed by atoms with van der Waals surface area (Å²) < 4.78 is 0. The van der Waals surface area contributed by atoms with Crippen molar-refractivity contribution in [2.24, 2.45) is 0 Å². The molecule has 3 heteroatoms. The highest BCUT2D eigenvalue weighted by atomic mass is 32.1. The monoisotopic (exact) mass is 260 g/mol. The molecular formula is C15H20N2S. The van der Waals surface area contributed by atoms with Gasteiger partial charge in [-0.2, -0.15) is 0 Å². The highest BCUT2D eigenvalue weighted by Crippen LogP contribution is 2.24. The lowest BCUT2D eigenvalue weighted by atomic mass is 9.88. The van der Waals surface area contributed by atoms with E-state index in [0.29, 0.717) is 6.04 Å². The molecule has 1 atom stereocenters. The van der Waals surface area contributed by atoms with Crippen molar-refractivity contribution in [2.75, 3.05) is 5.32 Å². The topological polar surface area (TPSA) is 24.9 Å². The first kappa shape index (κ1) is 13.1. The predicted molar refractivity (Wildman–Crippen MR) is 79.3 cm³/mol. The van der Waals surface area contributed by atoms with Gasteiger partial charge >= 0.3 is 0 Å². The molecule has 0 saturated carbocycles. The van der Waals surface area contributed by atoms with Crippen LogP contribution in [0.4, 0.5) is 5.82 Å². The van der Waals surface area contributed by atoms with Crippen molar-refractivity contribution in [2.45, 2.75) is 39.2 Å². The maximum Gasteiger partial charge on any atom is 0.126 e. The van der Waals surface area contributed by atoms with Crippen LogP contribution in [0.5, 0.6) is 0 Å². The van der Waals surface area contributed by atoms with Gasteiger partial charge in [0.1, 0.15) is 5.82 Å². The van der Waals surface area contributed by atoms with Gasteiger partial charge in [0.2, 0.25) is 0 Å². The summed E-state index contributed by atoms with van der Waals surface area (Å²) in [4.78, 5) is 5.82. The van der Waals surface area contributed by atoms with Gasteiger partial charge in [0.05, 0.1) is 6.04 Å². The van der Waals surface area contributed by atoms with E-state index in [1.54, 1.807) is 11.3 Å². The third kappa shape index (κ3) is 3.10. The summed E-state index contributed by atoms with van der Waals surface area (Å²) in [6, 6.07) is 8.74. The number of anilines is 1. The predicted octanol–water partition coefficient (Wildman–Crippen LogP) is 4.61. The van der Waals surface area contributed by atoms with Crippen LogP contribution in [0.15, 0.2) is 35.8 Å². The fraction of sp³-hybridized carbons (Fsp3) is 0.400. The summed E-state index contributed by atoms with van der Waals surface area (Å²) in [7, 11) is 0. The molecule has 2 rings (SSSR count). The SMILES string of the molecule is CC(Nc1ccc(C(C)(C)C)cn1)c1cccs1. The van der Waals surface area contributed by atoms with Gasteiger partial charge in [0.15, 0.2) is 0 Å². The van der Waals surface area contributed by atoms with Crippen LogP contribution in [-0.2, 0) is 5.41 Å². The maximum atomic E-state index is 4.49. The lowest BCUT2D eigenvalue weighted by Crippen LogP contribution is -2.12. The number of hydrogen-bond donors (Lipinski definition) is 1. The number of nitrogens with one attached hydrogen (secondary N) is 1. The standard InChI is InChI=1S/C15H20N2S/c1-11(13-6-5-9-18-13)17-14-8-7-12(10-16-14)15(2,3)4/h5-11H,1-4H3,(H,16,17). The van der Waals surface area contributed by atoms with Crippen molar-refractivity contribution < 1.29 is 0 Å². The number of pyridine rings is 1. The lowest BCUT2D eigenvalue weighted by molar-refractivity contribution is 0.587. The second-order valence-electron chi connectivity index (χ2n) is 5.56. The van der Waals surface area contributed by atoms with Crippen LogP contribution in [-0.4, -0.2) is 4.98 Å². The summed E-state index contributed by atoms with van der Waals surface area (Å²) in [5.41, 5.74) is 1.42. The molecule has 2 aromatic heterocycles. The Hall–Kier alpha value is -1.35. The minimum absolute atomic E-state index is 0.158. The van der Waals surface area contributed by atoms with E-state index in [2.05, 4.69) is 67.6 Å². The Morgan fingerprint density at radius 2 is 2.00 bits per heavy atom. The summed E-state index contributed by atoms with van der Waals surface area (Å²) in [6.45, 7) is 8.76.